The molecule has 0 atom stereocenters. The quantitative estimate of drug-likeness (QED) is 0.236. The second-order valence-electron chi connectivity index (χ2n) is 1.71. The molecule has 1 saturated heterocycles. The van der Waals surface area contributed by atoms with Gasteiger partial charge in [-0.1, -0.05) is 0 Å². The van der Waals surface area contributed by atoms with Gasteiger partial charge in [0.2, 0.25) is 0 Å². The van der Waals surface area contributed by atoms with Gasteiger partial charge in [0, 0.05) is 4.57 Å². The molecule has 68 valence electrons. The van der Waals surface area contributed by atoms with Crippen molar-refractivity contribution in [3.63, 3.8) is 0 Å². The van der Waals surface area contributed by atoms with Gasteiger partial charge in [-0.2, -0.15) is 0 Å². The van der Waals surface area contributed by atoms with E-state index in [9.17, 15) is 0 Å². The van der Waals surface area contributed by atoms with E-state index in [1.165, 1.54) is 25.9 Å². The van der Waals surface area contributed by atoms with Gasteiger partial charge in [-0.15, -0.1) is 33.1 Å². The Labute approximate surface area is 77.6 Å². The Hall–Kier alpha value is 0.680. The van der Waals surface area contributed by atoms with Crippen LogP contribution in [0.2, 0.25) is 0 Å². The fraction of sp³-hybridized carbons (Fsp3) is 1.00. The van der Waals surface area contributed by atoms with Gasteiger partial charge in [0.1, 0.15) is 0 Å². The standard InChI is InChI=1S/C4H9N.HO3P.H2S2/c1-2-4-5-3-1;1-4(2)3;1-2/h5H,1-4H2;(H-,1,2,3);1-2H/p+1. The maximum absolute atomic E-state index is 8.70. The highest BCUT2D eigenvalue weighted by Gasteiger charge is 1.93. The van der Waals surface area contributed by atoms with Crippen LogP contribution in [-0.2, 0) is 4.57 Å². The third-order valence-corrected chi connectivity index (χ3v) is 0.957. The minimum atomic E-state index is -2.87. The molecule has 11 heavy (non-hydrogen) atoms. The first-order chi connectivity index (χ1) is 5.23. The minimum Gasteiger partial charge on any atom is -0.317 e. The van der Waals surface area contributed by atoms with E-state index in [2.05, 4.69) is 28.6 Å². The molecular weight excluding hydrogens is 205 g/mol. The van der Waals surface area contributed by atoms with Crippen molar-refractivity contribution < 1.29 is 14.4 Å². The summed E-state index contributed by atoms with van der Waals surface area (Å²) in [5.74, 6) is 0. The minimum absolute atomic E-state index is 1.25. The Morgan fingerprint density at radius 3 is 1.55 bits per heavy atom. The second-order valence-corrected chi connectivity index (χ2v) is 2.22. The largest absolute Gasteiger partial charge is 0.692 e. The number of rotatable bonds is 0. The van der Waals surface area contributed by atoms with E-state index in [4.69, 9.17) is 14.4 Å². The van der Waals surface area contributed by atoms with Crippen LogP contribution in [0.3, 0.4) is 0 Å². The molecule has 0 unspecified atom stereocenters. The van der Waals surface area contributed by atoms with Crippen LogP contribution < -0.4 is 5.32 Å². The van der Waals surface area contributed by atoms with Crippen molar-refractivity contribution in [3.05, 3.63) is 0 Å². The number of nitrogens with one attached hydrogen (secondary N) is 1. The van der Waals surface area contributed by atoms with Gasteiger partial charge in [0.05, 0.1) is 0 Å². The van der Waals surface area contributed by atoms with Gasteiger partial charge in [-0.25, -0.2) is 0 Å². The van der Waals surface area contributed by atoms with Crippen LogP contribution in [-0.4, -0.2) is 22.9 Å². The maximum Gasteiger partial charge on any atom is 0.692 e. The van der Waals surface area contributed by atoms with Gasteiger partial charge >= 0.3 is 8.25 Å². The lowest BCUT2D eigenvalue weighted by Crippen LogP contribution is -2.03. The van der Waals surface area contributed by atoms with Crippen LogP contribution >= 0.6 is 31.6 Å². The van der Waals surface area contributed by atoms with E-state index < -0.39 is 8.25 Å². The molecule has 0 radical (unpaired) electrons. The average Bonchev–Trinajstić information content (AvgIpc) is 2.44. The topological polar surface area (TPSA) is 69.6 Å². The van der Waals surface area contributed by atoms with Gasteiger partial charge in [-0.05, 0) is 25.9 Å². The molecule has 1 aliphatic rings. The number of hydrogen-bond acceptors (Lipinski definition) is 4. The first kappa shape index (κ1) is 14.2. The zero-order valence-corrected chi connectivity index (χ0v) is 8.66. The zero-order valence-electron chi connectivity index (χ0n) is 5.97. The van der Waals surface area contributed by atoms with Crippen LogP contribution in [0.25, 0.3) is 0 Å². The van der Waals surface area contributed by atoms with Crippen molar-refractivity contribution in [2.24, 2.45) is 0 Å². The summed E-state index contributed by atoms with van der Waals surface area (Å²) < 4.78 is 8.70. The van der Waals surface area contributed by atoms with E-state index in [1.807, 2.05) is 0 Å². The average molecular weight is 218 g/mol. The molecule has 0 amide bonds. The fourth-order valence-electron chi connectivity index (χ4n) is 0.625. The Morgan fingerprint density at radius 1 is 1.18 bits per heavy atom. The van der Waals surface area contributed by atoms with Crippen molar-refractivity contribution in [1.29, 1.82) is 0 Å². The predicted molar refractivity (Wildman–Crippen MR) is 52.1 cm³/mol. The summed E-state index contributed by atoms with van der Waals surface area (Å²) in [6, 6.07) is 0. The van der Waals surface area contributed by atoms with E-state index in [1.54, 1.807) is 0 Å². The van der Waals surface area contributed by atoms with Crippen molar-refractivity contribution >= 4 is 31.6 Å². The molecule has 3 N–H and O–H groups in total. The summed E-state index contributed by atoms with van der Waals surface area (Å²) in [6.07, 6.45) is 2.78. The highest BCUT2D eigenvalue weighted by Crippen LogP contribution is 1.98. The van der Waals surface area contributed by atoms with Crippen LogP contribution in [0.1, 0.15) is 12.8 Å². The molecule has 0 aromatic rings. The zero-order chi connectivity index (χ0) is 9.11. The Kier molecular flexibility index (Phi) is 17.2. The van der Waals surface area contributed by atoms with Crippen molar-refractivity contribution in [2.45, 2.75) is 12.8 Å². The van der Waals surface area contributed by atoms with E-state index >= 15 is 0 Å². The van der Waals surface area contributed by atoms with Crippen LogP contribution in [0.4, 0.5) is 0 Å². The first-order valence-corrected chi connectivity index (χ1v) is 5.75. The normalized spacial score (nSPS) is 13.8. The smallest absolute Gasteiger partial charge is 0.317 e. The first-order valence-electron chi connectivity index (χ1n) is 2.99. The van der Waals surface area contributed by atoms with Crippen molar-refractivity contribution in [3.8, 4) is 0 Å². The van der Waals surface area contributed by atoms with Gasteiger partial charge in [0.15, 0.2) is 0 Å². The Bertz CT molecular complexity index is 79.8. The molecular formula is C4H13NO3PS2+. The summed E-state index contributed by atoms with van der Waals surface area (Å²) in [6.45, 7) is 2.50. The molecule has 1 rings (SSSR count). The van der Waals surface area contributed by atoms with Crippen LogP contribution in [0.5, 0.6) is 0 Å². The molecule has 1 fully saturated rings. The maximum atomic E-state index is 8.70. The summed E-state index contributed by atoms with van der Waals surface area (Å²) in [5, 5.41) is 3.22. The summed E-state index contributed by atoms with van der Waals surface area (Å²) >= 11 is 6.44. The van der Waals surface area contributed by atoms with Crippen molar-refractivity contribution in [2.75, 3.05) is 13.1 Å². The fourth-order valence-corrected chi connectivity index (χ4v) is 0.625. The molecule has 0 saturated carbocycles. The third kappa shape index (κ3) is 24.9. The monoisotopic (exact) mass is 218 g/mol. The number of thiol groups is 2. The van der Waals surface area contributed by atoms with Gasteiger partial charge in [0.25, 0.3) is 0 Å². The second kappa shape index (κ2) is 13.3. The SMILES string of the molecule is C1CCNC1.O=[P+](O)O.SS. The van der Waals surface area contributed by atoms with Crippen LogP contribution in [0.15, 0.2) is 0 Å². The molecule has 1 aliphatic heterocycles. The third-order valence-electron chi connectivity index (χ3n) is 0.957. The lowest BCUT2D eigenvalue weighted by Gasteiger charge is -1.76. The molecule has 0 aromatic carbocycles. The summed E-state index contributed by atoms with van der Waals surface area (Å²) in [4.78, 5) is 14.2. The van der Waals surface area contributed by atoms with Crippen molar-refractivity contribution in [1.82, 2.24) is 5.32 Å². The van der Waals surface area contributed by atoms with E-state index in [-0.39, 0.29) is 0 Å². The highest BCUT2D eigenvalue weighted by atomic mass is 33.1. The molecule has 4 nitrogen and oxygen atoms in total. The predicted octanol–water partition coefficient (Wildman–Crippen LogP) is 0.759. The highest BCUT2D eigenvalue weighted by molar-refractivity contribution is 8.59. The summed E-state index contributed by atoms with van der Waals surface area (Å²) in [5.41, 5.74) is 0. The molecule has 0 bridgehead atoms. The van der Waals surface area contributed by atoms with E-state index in [0.717, 1.165) is 0 Å². The number of hydrogen-bond donors (Lipinski definition) is 5. The molecule has 0 aromatic heterocycles. The van der Waals surface area contributed by atoms with Gasteiger partial charge in [-0.3, -0.25) is 0 Å². The molecule has 0 spiro atoms. The van der Waals surface area contributed by atoms with Gasteiger partial charge < -0.3 is 5.32 Å². The lowest BCUT2D eigenvalue weighted by atomic mass is 10.4. The molecule has 0 aliphatic carbocycles. The molecule has 1 heterocycles. The van der Waals surface area contributed by atoms with E-state index in [0.29, 0.717) is 0 Å². The Morgan fingerprint density at radius 2 is 1.45 bits per heavy atom. The lowest BCUT2D eigenvalue weighted by molar-refractivity contribution is 0.405. The summed E-state index contributed by atoms with van der Waals surface area (Å²) in [7, 11) is -2.87. The van der Waals surface area contributed by atoms with Crippen LogP contribution in [0, 0.1) is 0 Å². The Balaban J connectivity index is 0. The molecule has 7 heteroatoms.